The number of benzene rings is 1. The summed E-state index contributed by atoms with van der Waals surface area (Å²) in [5, 5.41) is 3.53. The number of nitrogens with zero attached hydrogens (tertiary/aromatic N) is 5. The molecule has 2 amide bonds. The lowest BCUT2D eigenvalue weighted by Gasteiger charge is -2.64. The lowest BCUT2D eigenvalue weighted by atomic mass is 9.42. The van der Waals surface area contributed by atoms with E-state index in [-0.39, 0.29) is 42.8 Å². The van der Waals surface area contributed by atoms with Crippen molar-refractivity contribution in [2.45, 2.75) is 76.2 Å². The van der Waals surface area contributed by atoms with Gasteiger partial charge in [0.05, 0.1) is 29.8 Å². The Morgan fingerprint density at radius 2 is 1.91 bits per heavy atom. The number of hydrogen-bond acceptors (Lipinski definition) is 6. The van der Waals surface area contributed by atoms with Gasteiger partial charge in [0.25, 0.3) is 5.91 Å². The fourth-order valence-electron chi connectivity index (χ4n) is 7.92. The van der Waals surface area contributed by atoms with Crippen LogP contribution in [0.4, 0.5) is 8.78 Å². The minimum absolute atomic E-state index is 0.0340. The maximum Gasteiger partial charge on any atom is 0.254 e. The second-order valence-corrected chi connectivity index (χ2v) is 14.2. The molecule has 5 fully saturated rings. The summed E-state index contributed by atoms with van der Waals surface area (Å²) in [7, 11) is 3.48. The number of nitrogens with one attached hydrogen (secondary N) is 1. The maximum atomic E-state index is 15.6. The standard InChI is InChI=1S/C34H39F2N7O3/c1-18(38-32(45)33-15-34(36,16-33)17-33)27-23(35)9-20-11-25(43(29(20)40-27)13-19-6-7-19)30-39-24-10-21(12-26(46-3)28(24)41(30)2)31(44)42-8-4-5-22(37)14-42/h9-12,18-19,22H,4-8,13-17,37H2,1-3H3,(H,38,45)/t18-,22-,33?,34?/m1/s1. The lowest BCUT2D eigenvalue weighted by molar-refractivity contribution is -0.214. The third-order valence-corrected chi connectivity index (χ3v) is 10.6. The highest BCUT2D eigenvalue weighted by atomic mass is 19.1. The second kappa shape index (κ2) is 10.2. The third-order valence-electron chi connectivity index (χ3n) is 10.6. The molecule has 12 heteroatoms. The Morgan fingerprint density at radius 3 is 2.59 bits per heavy atom. The Labute approximate surface area is 265 Å². The van der Waals surface area contributed by atoms with Crippen LogP contribution in [0.25, 0.3) is 33.6 Å². The van der Waals surface area contributed by atoms with E-state index >= 15 is 4.39 Å². The number of hydrogen-bond donors (Lipinski definition) is 2. The Hall–Kier alpha value is -4.06. The number of aromatic nitrogens is 4. The zero-order valence-corrected chi connectivity index (χ0v) is 26.4. The Morgan fingerprint density at radius 1 is 1.15 bits per heavy atom. The molecular weight excluding hydrogens is 592 g/mol. The van der Waals surface area contributed by atoms with Crippen LogP contribution in [0.2, 0.25) is 0 Å². The van der Waals surface area contributed by atoms with Crippen molar-refractivity contribution in [3.63, 3.8) is 0 Å². The number of fused-ring (bicyclic) bond motifs is 2. The summed E-state index contributed by atoms with van der Waals surface area (Å²) in [4.78, 5) is 38.0. The molecular formula is C34H39F2N7O3. The number of pyridine rings is 1. The van der Waals surface area contributed by atoms with Gasteiger partial charge < -0.3 is 29.8 Å². The molecule has 10 nitrogen and oxygen atoms in total. The first-order chi connectivity index (χ1) is 22.0. The number of carbonyl (C=O) groups excluding carboxylic acids is 2. The molecule has 4 aliphatic carbocycles. The minimum Gasteiger partial charge on any atom is -0.494 e. The van der Waals surface area contributed by atoms with Crippen LogP contribution in [0.15, 0.2) is 24.3 Å². The fraction of sp³-hybridized carbons (Fsp3) is 0.529. The number of methoxy groups -OCH3 is 1. The van der Waals surface area contributed by atoms with E-state index in [1.54, 1.807) is 31.1 Å². The zero-order valence-electron chi connectivity index (χ0n) is 26.4. The highest BCUT2D eigenvalue weighted by molar-refractivity contribution is 6.00. The average molecular weight is 632 g/mol. The van der Waals surface area contributed by atoms with E-state index in [0.29, 0.717) is 59.2 Å². The van der Waals surface area contributed by atoms with Gasteiger partial charge in [0, 0.05) is 43.7 Å². The van der Waals surface area contributed by atoms with Crippen LogP contribution in [0, 0.1) is 17.2 Å². The van der Waals surface area contributed by atoms with Gasteiger partial charge in [-0.05, 0) is 82.1 Å². The van der Waals surface area contributed by atoms with E-state index in [2.05, 4.69) is 9.88 Å². The molecule has 3 aromatic heterocycles. The van der Waals surface area contributed by atoms with Gasteiger partial charge in [-0.3, -0.25) is 9.59 Å². The Kier molecular flexibility index (Phi) is 6.52. The first-order valence-corrected chi connectivity index (χ1v) is 16.3. The van der Waals surface area contributed by atoms with Crippen molar-refractivity contribution < 1.29 is 23.1 Å². The van der Waals surface area contributed by atoms with E-state index < -0.39 is 22.9 Å². The molecule has 2 atom stereocenters. The van der Waals surface area contributed by atoms with E-state index in [1.807, 2.05) is 17.7 Å². The number of amides is 2. The van der Waals surface area contributed by atoms with E-state index in [0.717, 1.165) is 36.9 Å². The lowest BCUT2D eigenvalue weighted by Crippen LogP contribution is -2.70. The number of halogens is 2. The molecule has 242 valence electrons. The molecule has 5 aliphatic rings. The number of nitrogens with two attached hydrogens (primary N) is 1. The first-order valence-electron chi connectivity index (χ1n) is 16.3. The number of rotatable bonds is 8. The molecule has 46 heavy (non-hydrogen) atoms. The normalized spacial score (nSPS) is 26.1. The molecule has 4 aromatic rings. The van der Waals surface area contributed by atoms with Gasteiger partial charge in [0.15, 0.2) is 5.82 Å². The Balaban J connectivity index is 1.18. The van der Waals surface area contributed by atoms with Crippen LogP contribution in [-0.4, -0.2) is 67.7 Å². The van der Waals surface area contributed by atoms with Gasteiger partial charge in [-0.1, -0.05) is 0 Å². The molecule has 4 saturated carbocycles. The smallest absolute Gasteiger partial charge is 0.254 e. The predicted octanol–water partition coefficient (Wildman–Crippen LogP) is 4.78. The largest absolute Gasteiger partial charge is 0.494 e. The van der Waals surface area contributed by atoms with Crippen LogP contribution in [0.1, 0.15) is 74.0 Å². The van der Waals surface area contributed by atoms with Crippen molar-refractivity contribution in [3.8, 4) is 17.3 Å². The van der Waals surface area contributed by atoms with Crippen molar-refractivity contribution in [2.75, 3.05) is 20.2 Å². The van der Waals surface area contributed by atoms with Gasteiger partial charge in [0.1, 0.15) is 34.1 Å². The molecule has 1 aromatic carbocycles. The van der Waals surface area contributed by atoms with Crippen LogP contribution in [0.5, 0.6) is 5.75 Å². The monoisotopic (exact) mass is 631 g/mol. The molecule has 1 saturated heterocycles. The number of likely N-dealkylation sites (tertiary alicyclic amines) is 1. The summed E-state index contributed by atoms with van der Waals surface area (Å²) < 4.78 is 39.5. The summed E-state index contributed by atoms with van der Waals surface area (Å²) in [6.45, 7) is 3.59. The quantitative estimate of drug-likeness (QED) is 0.289. The van der Waals surface area contributed by atoms with E-state index in [9.17, 15) is 14.0 Å². The summed E-state index contributed by atoms with van der Waals surface area (Å²) in [6, 6.07) is 6.21. The molecule has 0 radical (unpaired) electrons. The minimum atomic E-state index is -1.19. The first kappa shape index (κ1) is 29.3. The number of imidazole rings is 1. The van der Waals surface area contributed by atoms with Crippen molar-refractivity contribution >= 4 is 33.9 Å². The van der Waals surface area contributed by atoms with Gasteiger partial charge in [-0.25, -0.2) is 18.7 Å². The topological polar surface area (TPSA) is 120 Å². The molecule has 4 heterocycles. The number of alkyl halides is 1. The van der Waals surface area contributed by atoms with Crippen molar-refractivity contribution in [1.29, 1.82) is 0 Å². The number of aryl methyl sites for hydroxylation is 1. The van der Waals surface area contributed by atoms with Crippen molar-refractivity contribution in [2.24, 2.45) is 24.1 Å². The molecule has 1 aliphatic heterocycles. The fourth-order valence-corrected chi connectivity index (χ4v) is 7.92. The molecule has 3 N–H and O–H groups in total. The molecule has 0 spiro atoms. The van der Waals surface area contributed by atoms with Gasteiger partial charge in [-0.2, -0.15) is 0 Å². The SMILES string of the molecule is COc1cc(C(=O)N2CCC[C@@H](N)C2)cc2nc(-c3cc4cc(F)c([C@@H](C)NC(=O)C56CC(F)(C5)C6)nc4n3CC3CC3)n(C)c12. The van der Waals surface area contributed by atoms with Crippen LogP contribution in [-0.2, 0) is 18.4 Å². The van der Waals surface area contributed by atoms with Crippen LogP contribution >= 0.6 is 0 Å². The third kappa shape index (κ3) is 4.58. The molecule has 0 unspecified atom stereocenters. The molecule has 2 bridgehead atoms. The Bertz CT molecular complexity index is 1910. The van der Waals surface area contributed by atoms with E-state index in [4.69, 9.17) is 20.4 Å². The molecule has 9 rings (SSSR count). The number of carbonyl (C=O) groups is 2. The number of ether oxygens (including phenoxy) is 1. The number of piperidine rings is 1. The highest BCUT2D eigenvalue weighted by Gasteiger charge is 2.72. The van der Waals surface area contributed by atoms with Crippen molar-refractivity contribution in [1.82, 2.24) is 29.3 Å². The van der Waals surface area contributed by atoms with Crippen molar-refractivity contribution in [3.05, 3.63) is 41.3 Å². The van der Waals surface area contributed by atoms with E-state index in [1.165, 1.54) is 6.07 Å². The zero-order chi connectivity index (χ0) is 32.1. The second-order valence-electron chi connectivity index (χ2n) is 14.2. The highest BCUT2D eigenvalue weighted by Crippen LogP contribution is 2.69. The predicted molar refractivity (Wildman–Crippen MR) is 168 cm³/mol. The maximum absolute atomic E-state index is 15.6. The van der Waals surface area contributed by atoms with Crippen LogP contribution in [0.3, 0.4) is 0 Å². The summed E-state index contributed by atoms with van der Waals surface area (Å²) in [5.74, 6) is 0.808. The van der Waals surface area contributed by atoms with Gasteiger partial charge in [0.2, 0.25) is 5.91 Å². The summed E-state index contributed by atoms with van der Waals surface area (Å²) in [6.07, 6.45) is 4.69. The average Bonchev–Trinajstić information content (AvgIpc) is 3.67. The summed E-state index contributed by atoms with van der Waals surface area (Å²) >= 11 is 0. The van der Waals surface area contributed by atoms with Crippen LogP contribution < -0.4 is 15.8 Å². The van der Waals surface area contributed by atoms with Gasteiger partial charge >= 0.3 is 0 Å². The summed E-state index contributed by atoms with van der Waals surface area (Å²) in [5.41, 5.74) is 7.69. The van der Waals surface area contributed by atoms with Gasteiger partial charge in [-0.15, -0.1) is 0 Å².